The van der Waals surface area contributed by atoms with Gasteiger partial charge in [-0.15, -0.1) is 10.2 Å². The lowest BCUT2D eigenvalue weighted by Gasteiger charge is -2.08. The largest absolute Gasteiger partial charge is 0.361 e. The predicted octanol–water partition coefficient (Wildman–Crippen LogP) is 2.59. The Labute approximate surface area is 126 Å². The van der Waals surface area contributed by atoms with Crippen LogP contribution < -0.4 is 5.32 Å². The molecule has 108 valence electrons. The number of anilines is 1. The van der Waals surface area contributed by atoms with Crippen molar-refractivity contribution in [2.75, 3.05) is 5.32 Å². The van der Waals surface area contributed by atoms with Crippen LogP contribution in [0, 0.1) is 6.92 Å². The zero-order valence-electron chi connectivity index (χ0n) is 12.1. The van der Waals surface area contributed by atoms with E-state index in [2.05, 4.69) is 25.5 Å². The third-order valence-corrected chi connectivity index (χ3v) is 3.54. The van der Waals surface area contributed by atoms with E-state index in [1.807, 2.05) is 60.0 Å². The van der Waals surface area contributed by atoms with Crippen molar-refractivity contribution in [3.8, 4) is 0 Å². The number of para-hydroxylation sites is 2. The maximum absolute atomic E-state index is 4.62. The molecule has 0 aliphatic carbocycles. The van der Waals surface area contributed by atoms with Gasteiger partial charge in [-0.1, -0.05) is 18.2 Å². The highest BCUT2D eigenvalue weighted by Gasteiger charge is 2.08. The third kappa shape index (κ3) is 2.14. The molecular formula is C16H14N6. The minimum atomic E-state index is 0.541. The van der Waals surface area contributed by atoms with E-state index in [4.69, 9.17) is 0 Å². The number of nitrogens with one attached hydrogen (secondary N) is 1. The van der Waals surface area contributed by atoms with Gasteiger partial charge < -0.3 is 5.32 Å². The van der Waals surface area contributed by atoms with Crippen LogP contribution in [-0.2, 0) is 6.54 Å². The fraction of sp³-hybridized carbons (Fsp3) is 0.125. The fourth-order valence-electron chi connectivity index (χ4n) is 2.43. The van der Waals surface area contributed by atoms with Crippen LogP contribution in [-0.4, -0.2) is 24.6 Å². The molecule has 0 saturated carbocycles. The van der Waals surface area contributed by atoms with E-state index in [0.717, 1.165) is 34.0 Å². The summed E-state index contributed by atoms with van der Waals surface area (Å²) in [6, 6.07) is 13.7. The van der Waals surface area contributed by atoms with Crippen LogP contribution in [0.25, 0.3) is 16.7 Å². The quantitative estimate of drug-likeness (QED) is 0.628. The van der Waals surface area contributed by atoms with E-state index < -0.39 is 0 Å². The Morgan fingerprint density at radius 3 is 2.59 bits per heavy atom. The van der Waals surface area contributed by atoms with Crippen LogP contribution in [0.1, 0.15) is 11.5 Å². The molecule has 0 bridgehead atoms. The van der Waals surface area contributed by atoms with E-state index in [1.54, 1.807) is 0 Å². The van der Waals surface area contributed by atoms with Crippen molar-refractivity contribution in [2.45, 2.75) is 13.5 Å². The molecule has 1 aromatic carbocycles. The number of hydrogen-bond donors (Lipinski definition) is 1. The number of nitrogens with zero attached hydrogens (tertiary/aromatic N) is 5. The lowest BCUT2D eigenvalue weighted by Crippen LogP contribution is -2.07. The average molecular weight is 290 g/mol. The summed E-state index contributed by atoms with van der Waals surface area (Å²) < 4.78 is 1.96. The molecule has 0 unspecified atom stereocenters. The SMILES string of the molecule is Cc1nc2ccccc2nc1NCc1nnc2ccccn12. The Morgan fingerprint density at radius 1 is 0.955 bits per heavy atom. The van der Waals surface area contributed by atoms with Crippen LogP contribution in [0.5, 0.6) is 0 Å². The summed E-state index contributed by atoms with van der Waals surface area (Å²) in [7, 11) is 0. The smallest absolute Gasteiger partial charge is 0.160 e. The normalized spacial score (nSPS) is 11.1. The highest BCUT2D eigenvalue weighted by Crippen LogP contribution is 2.16. The molecule has 4 rings (SSSR count). The van der Waals surface area contributed by atoms with Gasteiger partial charge in [0.1, 0.15) is 5.82 Å². The first-order chi connectivity index (χ1) is 10.8. The van der Waals surface area contributed by atoms with Crippen molar-refractivity contribution >= 4 is 22.5 Å². The number of hydrogen-bond acceptors (Lipinski definition) is 5. The fourth-order valence-corrected chi connectivity index (χ4v) is 2.43. The molecule has 0 spiro atoms. The van der Waals surface area contributed by atoms with Crippen LogP contribution in [0.15, 0.2) is 48.7 Å². The van der Waals surface area contributed by atoms with Crippen LogP contribution in [0.3, 0.4) is 0 Å². The molecular weight excluding hydrogens is 276 g/mol. The summed E-state index contributed by atoms with van der Waals surface area (Å²) >= 11 is 0. The lowest BCUT2D eigenvalue weighted by molar-refractivity contribution is 0.909. The summed E-state index contributed by atoms with van der Waals surface area (Å²) in [5.74, 6) is 1.61. The van der Waals surface area contributed by atoms with Gasteiger partial charge in [0.15, 0.2) is 11.5 Å². The highest BCUT2D eigenvalue weighted by molar-refractivity contribution is 5.76. The van der Waals surface area contributed by atoms with Crippen molar-refractivity contribution in [2.24, 2.45) is 0 Å². The Morgan fingerprint density at radius 2 is 1.73 bits per heavy atom. The first kappa shape index (κ1) is 12.7. The van der Waals surface area contributed by atoms with E-state index >= 15 is 0 Å². The van der Waals surface area contributed by atoms with Gasteiger partial charge in [-0.2, -0.15) is 0 Å². The zero-order valence-corrected chi connectivity index (χ0v) is 12.1. The Hall–Kier alpha value is -3.02. The number of aromatic nitrogens is 5. The summed E-state index contributed by atoms with van der Waals surface area (Å²) in [6.07, 6.45) is 1.95. The van der Waals surface area contributed by atoms with E-state index in [0.29, 0.717) is 6.54 Å². The Balaban J connectivity index is 1.65. The van der Waals surface area contributed by atoms with Gasteiger partial charge in [0.25, 0.3) is 0 Å². The molecule has 0 aliphatic rings. The van der Waals surface area contributed by atoms with Crippen LogP contribution in [0.4, 0.5) is 5.82 Å². The summed E-state index contributed by atoms with van der Waals surface area (Å²) in [4.78, 5) is 9.19. The van der Waals surface area contributed by atoms with Crippen molar-refractivity contribution in [3.05, 3.63) is 60.2 Å². The number of rotatable bonds is 3. The van der Waals surface area contributed by atoms with E-state index in [9.17, 15) is 0 Å². The second-order valence-corrected chi connectivity index (χ2v) is 5.04. The minimum Gasteiger partial charge on any atom is -0.361 e. The molecule has 0 amide bonds. The lowest BCUT2D eigenvalue weighted by atomic mass is 10.3. The number of pyridine rings is 1. The van der Waals surface area contributed by atoms with Gasteiger partial charge >= 0.3 is 0 Å². The second kappa shape index (κ2) is 5.07. The van der Waals surface area contributed by atoms with Crippen molar-refractivity contribution < 1.29 is 0 Å². The zero-order chi connectivity index (χ0) is 14.9. The summed E-state index contributed by atoms with van der Waals surface area (Å²) in [6.45, 7) is 2.49. The second-order valence-electron chi connectivity index (χ2n) is 5.04. The van der Waals surface area contributed by atoms with Gasteiger partial charge in [0.05, 0.1) is 23.3 Å². The Bertz CT molecular complexity index is 959. The molecule has 4 aromatic rings. The number of benzene rings is 1. The highest BCUT2D eigenvalue weighted by atomic mass is 15.3. The molecule has 6 nitrogen and oxygen atoms in total. The third-order valence-electron chi connectivity index (χ3n) is 3.54. The predicted molar refractivity (Wildman–Crippen MR) is 84.6 cm³/mol. The molecule has 0 radical (unpaired) electrons. The minimum absolute atomic E-state index is 0.541. The summed E-state index contributed by atoms with van der Waals surface area (Å²) in [5, 5.41) is 11.6. The van der Waals surface area contributed by atoms with Crippen molar-refractivity contribution in [3.63, 3.8) is 0 Å². The first-order valence-electron chi connectivity index (χ1n) is 7.07. The van der Waals surface area contributed by atoms with Gasteiger partial charge in [-0.05, 0) is 31.2 Å². The molecule has 0 fully saturated rings. The first-order valence-corrected chi connectivity index (χ1v) is 7.07. The van der Waals surface area contributed by atoms with E-state index in [1.165, 1.54) is 0 Å². The molecule has 1 N–H and O–H groups in total. The summed E-state index contributed by atoms with van der Waals surface area (Å²) in [5.41, 5.74) is 3.48. The molecule has 6 heteroatoms. The van der Waals surface area contributed by atoms with Crippen LogP contribution >= 0.6 is 0 Å². The monoisotopic (exact) mass is 290 g/mol. The molecule has 22 heavy (non-hydrogen) atoms. The molecule has 3 aromatic heterocycles. The number of aryl methyl sites for hydroxylation is 1. The maximum atomic E-state index is 4.62. The van der Waals surface area contributed by atoms with E-state index in [-0.39, 0.29) is 0 Å². The van der Waals surface area contributed by atoms with Gasteiger partial charge in [-0.3, -0.25) is 4.40 Å². The van der Waals surface area contributed by atoms with Gasteiger partial charge in [0, 0.05) is 6.20 Å². The standard InChI is InChI=1S/C16H14N6/c1-11-16(19-13-7-3-2-6-12(13)18-11)17-10-15-21-20-14-8-4-5-9-22(14)15/h2-9H,10H2,1H3,(H,17,19). The van der Waals surface area contributed by atoms with Gasteiger partial charge in [-0.25, -0.2) is 9.97 Å². The molecule has 0 saturated heterocycles. The molecule has 0 atom stereocenters. The van der Waals surface area contributed by atoms with Gasteiger partial charge in [0.2, 0.25) is 0 Å². The van der Waals surface area contributed by atoms with Crippen molar-refractivity contribution in [1.82, 2.24) is 24.6 Å². The van der Waals surface area contributed by atoms with Crippen molar-refractivity contribution in [1.29, 1.82) is 0 Å². The number of fused-ring (bicyclic) bond motifs is 2. The average Bonchev–Trinajstić information content (AvgIpc) is 2.96. The Kier molecular flexibility index (Phi) is 2.93. The maximum Gasteiger partial charge on any atom is 0.160 e. The molecule has 3 heterocycles. The topological polar surface area (TPSA) is 68.0 Å². The van der Waals surface area contributed by atoms with Crippen LogP contribution in [0.2, 0.25) is 0 Å². The molecule has 0 aliphatic heterocycles.